The van der Waals surface area contributed by atoms with Crippen LogP contribution in [0.5, 0.6) is 0 Å². The molecule has 0 amide bonds. The van der Waals surface area contributed by atoms with Gasteiger partial charge in [0.1, 0.15) is 5.82 Å². The second kappa shape index (κ2) is 6.10. The van der Waals surface area contributed by atoms with Gasteiger partial charge < -0.3 is 11.1 Å². The van der Waals surface area contributed by atoms with Crippen LogP contribution in [0.1, 0.15) is 27.2 Å². The van der Waals surface area contributed by atoms with Crippen LogP contribution in [-0.4, -0.2) is 17.6 Å². The summed E-state index contributed by atoms with van der Waals surface area (Å²) in [5.41, 5.74) is 6.43. The Labute approximate surface area is 129 Å². The van der Waals surface area contributed by atoms with Crippen molar-refractivity contribution in [1.29, 1.82) is 0 Å². The van der Waals surface area contributed by atoms with Crippen molar-refractivity contribution >= 4 is 32.5 Å². The third-order valence-electron chi connectivity index (χ3n) is 3.16. The molecule has 2 rings (SSSR count). The summed E-state index contributed by atoms with van der Waals surface area (Å²) in [6.45, 7) is 7.36. The van der Waals surface area contributed by atoms with Crippen molar-refractivity contribution in [2.24, 2.45) is 11.1 Å². The molecule has 0 aliphatic rings. The first-order chi connectivity index (χ1) is 9.37. The van der Waals surface area contributed by atoms with Crippen LogP contribution < -0.4 is 11.1 Å². The molecular formula is C16H22BrN3. The van der Waals surface area contributed by atoms with Gasteiger partial charge >= 0.3 is 0 Å². The fourth-order valence-electron chi connectivity index (χ4n) is 2.40. The molecule has 1 unspecified atom stereocenters. The summed E-state index contributed by atoms with van der Waals surface area (Å²) in [5.74, 6) is 0.896. The van der Waals surface area contributed by atoms with E-state index in [4.69, 9.17) is 5.73 Å². The van der Waals surface area contributed by atoms with Gasteiger partial charge in [-0.25, -0.2) is 4.98 Å². The normalized spacial score (nSPS) is 13.4. The van der Waals surface area contributed by atoms with Crippen LogP contribution in [-0.2, 0) is 0 Å². The molecule has 0 saturated heterocycles. The maximum absolute atomic E-state index is 6.18. The van der Waals surface area contributed by atoms with Crippen LogP contribution >= 0.6 is 15.9 Å². The summed E-state index contributed by atoms with van der Waals surface area (Å²) in [6.07, 6.45) is 2.80. The second-order valence-electron chi connectivity index (χ2n) is 6.40. The van der Waals surface area contributed by atoms with Gasteiger partial charge in [-0.3, -0.25) is 0 Å². The number of hydrogen-bond donors (Lipinski definition) is 2. The van der Waals surface area contributed by atoms with E-state index in [2.05, 4.69) is 53.1 Å². The van der Waals surface area contributed by atoms with Crippen LogP contribution in [0.15, 0.2) is 34.9 Å². The van der Waals surface area contributed by atoms with E-state index >= 15 is 0 Å². The summed E-state index contributed by atoms with van der Waals surface area (Å²) in [5, 5.41) is 5.66. The molecule has 20 heavy (non-hydrogen) atoms. The van der Waals surface area contributed by atoms with Crippen LogP contribution in [0, 0.1) is 5.41 Å². The zero-order valence-corrected chi connectivity index (χ0v) is 13.9. The van der Waals surface area contributed by atoms with E-state index in [1.807, 2.05) is 24.4 Å². The molecule has 1 aromatic heterocycles. The predicted molar refractivity (Wildman–Crippen MR) is 90.0 cm³/mol. The average molecular weight is 336 g/mol. The quantitative estimate of drug-likeness (QED) is 0.881. The summed E-state index contributed by atoms with van der Waals surface area (Å²) >= 11 is 3.57. The SMILES string of the molecule is CC(C)(C)CC(N)CNc1nccc2c(Br)cccc12. The number of rotatable bonds is 4. The predicted octanol–water partition coefficient (Wildman–Crippen LogP) is 4.17. The number of benzene rings is 1. The first-order valence-corrected chi connectivity index (χ1v) is 7.69. The topological polar surface area (TPSA) is 50.9 Å². The Bertz CT molecular complexity index is 590. The molecule has 0 fully saturated rings. The van der Waals surface area contributed by atoms with E-state index in [1.165, 1.54) is 0 Å². The number of pyridine rings is 1. The number of halogens is 1. The lowest BCUT2D eigenvalue weighted by atomic mass is 9.88. The molecular weight excluding hydrogens is 314 g/mol. The van der Waals surface area contributed by atoms with E-state index in [-0.39, 0.29) is 11.5 Å². The van der Waals surface area contributed by atoms with Gasteiger partial charge in [-0.1, -0.05) is 48.8 Å². The highest BCUT2D eigenvalue weighted by molar-refractivity contribution is 9.10. The van der Waals surface area contributed by atoms with Crippen LogP contribution in [0.2, 0.25) is 0 Å². The number of anilines is 1. The van der Waals surface area contributed by atoms with Crippen LogP contribution in [0.25, 0.3) is 10.8 Å². The molecule has 1 aromatic carbocycles. The lowest BCUT2D eigenvalue weighted by Gasteiger charge is -2.23. The first-order valence-electron chi connectivity index (χ1n) is 6.89. The van der Waals surface area contributed by atoms with Gasteiger partial charge in [0.25, 0.3) is 0 Å². The highest BCUT2D eigenvalue weighted by atomic mass is 79.9. The molecule has 0 radical (unpaired) electrons. The van der Waals surface area contributed by atoms with Gasteiger partial charge in [0.2, 0.25) is 0 Å². The molecule has 1 heterocycles. The van der Waals surface area contributed by atoms with Crippen molar-refractivity contribution in [2.45, 2.75) is 33.2 Å². The maximum Gasteiger partial charge on any atom is 0.133 e. The average Bonchev–Trinajstić information content (AvgIpc) is 2.35. The van der Waals surface area contributed by atoms with Gasteiger partial charge in [-0.15, -0.1) is 0 Å². The molecule has 3 N–H and O–H groups in total. The van der Waals surface area contributed by atoms with Crippen molar-refractivity contribution < 1.29 is 0 Å². The van der Waals surface area contributed by atoms with E-state index in [0.29, 0.717) is 0 Å². The Kier molecular flexibility index (Phi) is 4.66. The number of hydrogen-bond acceptors (Lipinski definition) is 3. The highest BCUT2D eigenvalue weighted by Crippen LogP contribution is 2.27. The van der Waals surface area contributed by atoms with E-state index in [0.717, 1.165) is 34.0 Å². The number of nitrogens with two attached hydrogens (primary N) is 1. The first kappa shape index (κ1) is 15.3. The minimum atomic E-state index is 0.124. The molecule has 0 aliphatic heterocycles. The Morgan fingerprint density at radius 1 is 1.25 bits per heavy atom. The minimum Gasteiger partial charge on any atom is -0.368 e. The molecule has 0 spiro atoms. The van der Waals surface area contributed by atoms with Gasteiger partial charge in [0.05, 0.1) is 0 Å². The molecule has 2 aromatic rings. The molecule has 0 saturated carbocycles. The monoisotopic (exact) mass is 335 g/mol. The second-order valence-corrected chi connectivity index (χ2v) is 7.25. The fourth-order valence-corrected chi connectivity index (χ4v) is 2.89. The van der Waals surface area contributed by atoms with Gasteiger partial charge in [0.15, 0.2) is 0 Å². The standard InChI is InChI=1S/C16H22BrN3/c1-16(2,3)9-11(18)10-20-15-13-5-4-6-14(17)12(13)7-8-19-15/h4-8,11H,9-10,18H2,1-3H3,(H,19,20). The van der Waals surface area contributed by atoms with Gasteiger partial charge in [-0.05, 0) is 24.0 Å². The summed E-state index contributed by atoms with van der Waals surface area (Å²) in [4.78, 5) is 4.43. The summed E-state index contributed by atoms with van der Waals surface area (Å²) in [6, 6.07) is 8.27. The largest absolute Gasteiger partial charge is 0.368 e. The molecule has 0 aliphatic carbocycles. The van der Waals surface area contributed by atoms with E-state index < -0.39 is 0 Å². The van der Waals surface area contributed by atoms with Crippen molar-refractivity contribution in [3.8, 4) is 0 Å². The lowest BCUT2D eigenvalue weighted by molar-refractivity contribution is 0.344. The molecule has 3 nitrogen and oxygen atoms in total. The van der Waals surface area contributed by atoms with E-state index in [9.17, 15) is 0 Å². The zero-order chi connectivity index (χ0) is 14.8. The Morgan fingerprint density at radius 3 is 2.70 bits per heavy atom. The number of nitrogens with zero attached hydrogens (tertiary/aromatic N) is 1. The zero-order valence-electron chi connectivity index (χ0n) is 12.3. The van der Waals surface area contributed by atoms with Crippen molar-refractivity contribution in [1.82, 2.24) is 4.98 Å². The smallest absolute Gasteiger partial charge is 0.133 e. The Balaban J connectivity index is 2.13. The third kappa shape index (κ3) is 3.93. The molecule has 108 valence electrons. The summed E-state index contributed by atoms with van der Waals surface area (Å²) < 4.78 is 1.08. The highest BCUT2D eigenvalue weighted by Gasteiger charge is 2.15. The molecule has 4 heteroatoms. The van der Waals surface area contributed by atoms with E-state index in [1.54, 1.807) is 0 Å². The number of nitrogens with one attached hydrogen (secondary N) is 1. The lowest BCUT2D eigenvalue weighted by Crippen LogP contribution is -2.33. The van der Waals surface area contributed by atoms with Crippen molar-refractivity contribution in [3.63, 3.8) is 0 Å². The van der Waals surface area contributed by atoms with Gasteiger partial charge in [0, 0.05) is 34.0 Å². The van der Waals surface area contributed by atoms with Crippen LogP contribution in [0.4, 0.5) is 5.82 Å². The van der Waals surface area contributed by atoms with Crippen molar-refractivity contribution in [3.05, 3.63) is 34.9 Å². The third-order valence-corrected chi connectivity index (χ3v) is 3.85. The fraction of sp³-hybridized carbons (Fsp3) is 0.438. The Morgan fingerprint density at radius 2 is 2.00 bits per heavy atom. The molecule has 1 atom stereocenters. The van der Waals surface area contributed by atoms with Crippen LogP contribution in [0.3, 0.4) is 0 Å². The Hall–Kier alpha value is -1.13. The minimum absolute atomic E-state index is 0.124. The number of fused-ring (bicyclic) bond motifs is 1. The molecule has 0 bridgehead atoms. The number of aromatic nitrogens is 1. The van der Waals surface area contributed by atoms with Crippen molar-refractivity contribution in [2.75, 3.05) is 11.9 Å². The summed E-state index contributed by atoms with van der Waals surface area (Å²) in [7, 11) is 0. The maximum atomic E-state index is 6.18. The van der Waals surface area contributed by atoms with Gasteiger partial charge in [-0.2, -0.15) is 0 Å².